The van der Waals surface area contributed by atoms with Gasteiger partial charge in [-0.2, -0.15) is 5.26 Å². The number of anilines is 1. The fraction of sp³-hybridized carbons (Fsp3) is 0.190. The molecule has 0 radical (unpaired) electrons. The number of carbonyl (C=O) groups is 2. The van der Waals surface area contributed by atoms with Crippen LogP contribution in [0, 0.1) is 18.3 Å². The number of furan rings is 1. The lowest BCUT2D eigenvalue weighted by Gasteiger charge is -2.21. The molecule has 3 rings (SSSR count). The molecule has 0 bridgehead atoms. The largest absolute Gasteiger partial charge is 0.450 e. The number of hydrogen-bond donors (Lipinski definition) is 0. The van der Waals surface area contributed by atoms with Crippen molar-refractivity contribution < 1.29 is 18.7 Å². The van der Waals surface area contributed by atoms with Crippen molar-refractivity contribution in [1.82, 2.24) is 0 Å². The van der Waals surface area contributed by atoms with Gasteiger partial charge in [-0.25, -0.2) is 4.79 Å². The summed E-state index contributed by atoms with van der Waals surface area (Å²) in [6, 6.07) is 18.2. The molecule has 1 amide bonds. The standard InChI is InChI=1S/C21H18N2O4/c1-15-7-9-17(10-8-15)23(12-4-11-22)20(24)14-26-21(25)19-13-16-5-2-3-6-18(16)27-19/h2-3,5-10,13H,4,12,14H2,1H3. The van der Waals surface area contributed by atoms with Crippen molar-refractivity contribution in [3.63, 3.8) is 0 Å². The fourth-order valence-electron chi connectivity index (χ4n) is 2.64. The van der Waals surface area contributed by atoms with E-state index in [0.29, 0.717) is 11.3 Å². The summed E-state index contributed by atoms with van der Waals surface area (Å²) in [4.78, 5) is 26.2. The summed E-state index contributed by atoms with van der Waals surface area (Å²) in [5, 5.41) is 9.62. The predicted octanol–water partition coefficient (Wildman–Crippen LogP) is 3.84. The maximum Gasteiger partial charge on any atom is 0.374 e. The van der Waals surface area contributed by atoms with E-state index in [-0.39, 0.29) is 18.7 Å². The minimum Gasteiger partial charge on any atom is -0.450 e. The molecule has 0 saturated heterocycles. The highest BCUT2D eigenvalue weighted by Gasteiger charge is 2.20. The first-order valence-electron chi connectivity index (χ1n) is 8.48. The maximum absolute atomic E-state index is 12.6. The molecule has 1 heterocycles. The van der Waals surface area contributed by atoms with Gasteiger partial charge < -0.3 is 14.1 Å². The fourth-order valence-corrected chi connectivity index (χ4v) is 2.64. The van der Waals surface area contributed by atoms with Crippen LogP contribution in [0.3, 0.4) is 0 Å². The van der Waals surface area contributed by atoms with Gasteiger partial charge in [0.2, 0.25) is 5.76 Å². The van der Waals surface area contributed by atoms with Crippen LogP contribution >= 0.6 is 0 Å². The first-order valence-corrected chi connectivity index (χ1v) is 8.48. The average molecular weight is 362 g/mol. The molecule has 0 aliphatic carbocycles. The Morgan fingerprint density at radius 1 is 1.15 bits per heavy atom. The molecule has 0 atom stereocenters. The molecule has 6 nitrogen and oxygen atoms in total. The minimum absolute atomic E-state index is 0.0444. The lowest BCUT2D eigenvalue weighted by Crippen LogP contribution is -2.35. The Bertz CT molecular complexity index is 966. The summed E-state index contributed by atoms with van der Waals surface area (Å²) in [6.07, 6.45) is 0.178. The van der Waals surface area contributed by atoms with Crippen molar-refractivity contribution in [1.29, 1.82) is 5.26 Å². The SMILES string of the molecule is Cc1ccc(N(CCC#N)C(=O)COC(=O)c2cc3ccccc3o2)cc1. The van der Waals surface area contributed by atoms with Crippen LogP contribution in [-0.4, -0.2) is 25.0 Å². The van der Waals surface area contributed by atoms with Gasteiger partial charge in [-0.15, -0.1) is 0 Å². The number of esters is 1. The lowest BCUT2D eigenvalue weighted by atomic mass is 10.2. The van der Waals surface area contributed by atoms with E-state index in [4.69, 9.17) is 14.4 Å². The first kappa shape index (κ1) is 18.2. The number of para-hydroxylation sites is 1. The third kappa shape index (κ3) is 4.33. The van der Waals surface area contributed by atoms with E-state index >= 15 is 0 Å². The number of aryl methyl sites for hydroxylation is 1. The van der Waals surface area contributed by atoms with Crippen LogP contribution < -0.4 is 4.90 Å². The minimum atomic E-state index is -0.705. The van der Waals surface area contributed by atoms with Crippen molar-refractivity contribution in [3.8, 4) is 6.07 Å². The third-order valence-corrected chi connectivity index (χ3v) is 4.05. The van der Waals surface area contributed by atoms with Crippen LogP contribution in [0.2, 0.25) is 0 Å². The van der Waals surface area contributed by atoms with E-state index in [1.807, 2.05) is 37.3 Å². The molecule has 6 heteroatoms. The monoisotopic (exact) mass is 362 g/mol. The second-order valence-corrected chi connectivity index (χ2v) is 6.01. The summed E-state index contributed by atoms with van der Waals surface area (Å²) in [5.41, 5.74) is 2.29. The molecule has 3 aromatic rings. The zero-order chi connectivity index (χ0) is 19.2. The van der Waals surface area contributed by atoms with Crippen molar-refractivity contribution in [2.75, 3.05) is 18.1 Å². The number of nitriles is 1. The molecule has 0 spiro atoms. The van der Waals surface area contributed by atoms with Crippen LogP contribution in [0.4, 0.5) is 5.69 Å². The molecule has 1 aromatic heterocycles. The van der Waals surface area contributed by atoms with E-state index in [2.05, 4.69) is 0 Å². The second-order valence-electron chi connectivity index (χ2n) is 6.01. The van der Waals surface area contributed by atoms with Gasteiger partial charge in [-0.3, -0.25) is 4.79 Å². The van der Waals surface area contributed by atoms with Crippen LogP contribution in [0.1, 0.15) is 22.5 Å². The topological polar surface area (TPSA) is 83.5 Å². The molecule has 2 aromatic carbocycles. The molecular formula is C21H18N2O4. The van der Waals surface area contributed by atoms with Crippen molar-refractivity contribution in [2.24, 2.45) is 0 Å². The normalized spacial score (nSPS) is 10.4. The Morgan fingerprint density at radius 3 is 2.59 bits per heavy atom. The lowest BCUT2D eigenvalue weighted by molar-refractivity contribution is -0.121. The Labute approximate surface area is 156 Å². The molecule has 136 valence electrons. The van der Waals surface area contributed by atoms with Gasteiger partial charge in [0.25, 0.3) is 5.91 Å². The number of nitrogens with zero attached hydrogens (tertiary/aromatic N) is 2. The number of carbonyl (C=O) groups excluding carboxylic acids is 2. The number of rotatable bonds is 6. The van der Waals surface area contributed by atoms with Gasteiger partial charge in [-0.1, -0.05) is 35.9 Å². The summed E-state index contributed by atoms with van der Waals surface area (Å²) < 4.78 is 10.6. The smallest absolute Gasteiger partial charge is 0.374 e. The van der Waals surface area contributed by atoms with E-state index in [0.717, 1.165) is 10.9 Å². The molecule has 0 aliphatic heterocycles. The molecule has 0 N–H and O–H groups in total. The summed E-state index contributed by atoms with van der Waals surface area (Å²) in [6.45, 7) is 1.73. The van der Waals surface area contributed by atoms with Gasteiger partial charge in [0.15, 0.2) is 6.61 Å². The van der Waals surface area contributed by atoms with Gasteiger partial charge in [-0.05, 0) is 31.2 Å². The number of fused-ring (bicyclic) bond motifs is 1. The van der Waals surface area contributed by atoms with Gasteiger partial charge >= 0.3 is 5.97 Å². The number of hydrogen-bond acceptors (Lipinski definition) is 5. The van der Waals surface area contributed by atoms with E-state index < -0.39 is 18.5 Å². The summed E-state index contributed by atoms with van der Waals surface area (Å²) in [7, 11) is 0. The molecule has 0 unspecified atom stereocenters. The zero-order valence-corrected chi connectivity index (χ0v) is 14.8. The molecule has 0 saturated carbocycles. The second kappa shape index (κ2) is 8.19. The van der Waals surface area contributed by atoms with Gasteiger partial charge in [0, 0.05) is 17.6 Å². The quantitative estimate of drug-likeness (QED) is 0.622. The van der Waals surface area contributed by atoms with Gasteiger partial charge in [0.05, 0.1) is 12.5 Å². The maximum atomic E-state index is 12.6. The average Bonchev–Trinajstić information content (AvgIpc) is 3.12. The highest BCUT2D eigenvalue weighted by molar-refractivity contribution is 5.97. The third-order valence-electron chi connectivity index (χ3n) is 4.05. The number of benzene rings is 2. The van der Waals surface area contributed by atoms with Crippen molar-refractivity contribution in [2.45, 2.75) is 13.3 Å². The Morgan fingerprint density at radius 2 is 1.89 bits per heavy atom. The van der Waals surface area contributed by atoms with Crippen LogP contribution in [0.15, 0.2) is 59.0 Å². The van der Waals surface area contributed by atoms with Crippen LogP contribution in [-0.2, 0) is 9.53 Å². The van der Waals surface area contributed by atoms with Crippen molar-refractivity contribution >= 4 is 28.5 Å². The van der Waals surface area contributed by atoms with E-state index in [9.17, 15) is 9.59 Å². The summed E-state index contributed by atoms with van der Waals surface area (Å²) in [5.74, 6) is -1.06. The van der Waals surface area contributed by atoms with Crippen molar-refractivity contribution in [3.05, 3.63) is 65.9 Å². The molecular weight excluding hydrogens is 344 g/mol. The van der Waals surface area contributed by atoms with Crippen LogP contribution in [0.5, 0.6) is 0 Å². The molecule has 0 aliphatic rings. The number of ether oxygens (including phenoxy) is 1. The van der Waals surface area contributed by atoms with E-state index in [1.54, 1.807) is 30.3 Å². The Hall–Kier alpha value is -3.59. The zero-order valence-electron chi connectivity index (χ0n) is 14.8. The Balaban J connectivity index is 1.68. The van der Waals surface area contributed by atoms with Crippen LogP contribution in [0.25, 0.3) is 11.0 Å². The molecule has 0 fully saturated rings. The highest BCUT2D eigenvalue weighted by atomic mass is 16.5. The Kier molecular flexibility index (Phi) is 5.53. The first-order chi connectivity index (χ1) is 13.1. The van der Waals surface area contributed by atoms with E-state index in [1.165, 1.54) is 4.90 Å². The summed E-state index contributed by atoms with van der Waals surface area (Å²) >= 11 is 0. The highest BCUT2D eigenvalue weighted by Crippen LogP contribution is 2.20. The van der Waals surface area contributed by atoms with Gasteiger partial charge in [0.1, 0.15) is 5.58 Å². The number of amides is 1. The molecule has 27 heavy (non-hydrogen) atoms. The predicted molar refractivity (Wildman–Crippen MR) is 100 cm³/mol.